The summed E-state index contributed by atoms with van der Waals surface area (Å²) < 4.78 is 0. The van der Waals surface area contributed by atoms with Gasteiger partial charge in [0.05, 0.1) is 4.92 Å². The normalized spacial score (nSPS) is 18.1. The van der Waals surface area contributed by atoms with Crippen LogP contribution in [0.3, 0.4) is 0 Å². The van der Waals surface area contributed by atoms with E-state index in [0.29, 0.717) is 11.1 Å². The number of carboxylic acids is 1. The second-order valence-corrected chi connectivity index (χ2v) is 3.67. The Morgan fingerprint density at radius 1 is 1.59 bits per heavy atom. The summed E-state index contributed by atoms with van der Waals surface area (Å²) in [6, 6.07) is 3.25. The number of hydrogen-bond acceptors (Lipinski definition) is 5. The number of carbonyl (C=O) groups is 1. The van der Waals surface area contributed by atoms with E-state index in [9.17, 15) is 14.9 Å². The van der Waals surface area contributed by atoms with Crippen molar-refractivity contribution in [1.82, 2.24) is 0 Å². The lowest BCUT2D eigenvalue weighted by molar-refractivity contribution is -0.384. The maximum absolute atomic E-state index is 10.8. The van der Waals surface area contributed by atoms with Crippen molar-refractivity contribution in [3.05, 3.63) is 39.4 Å². The van der Waals surface area contributed by atoms with Crippen molar-refractivity contribution in [1.29, 1.82) is 0 Å². The minimum Gasteiger partial charge on any atom is -0.480 e. The van der Waals surface area contributed by atoms with Gasteiger partial charge in [0.1, 0.15) is 5.84 Å². The molecule has 1 aromatic carbocycles. The van der Waals surface area contributed by atoms with Gasteiger partial charge in [-0.15, -0.1) is 0 Å². The molecular weight excluding hydrogens is 226 g/mol. The Kier molecular flexibility index (Phi) is 2.51. The van der Waals surface area contributed by atoms with Gasteiger partial charge in [-0.1, -0.05) is 6.07 Å². The zero-order valence-corrected chi connectivity index (χ0v) is 8.66. The number of aliphatic imine (C=N–C) groups is 1. The van der Waals surface area contributed by atoms with Crippen LogP contribution in [0.25, 0.3) is 0 Å². The van der Waals surface area contributed by atoms with Crippen LogP contribution in [0.15, 0.2) is 23.2 Å². The fourth-order valence-electron chi connectivity index (χ4n) is 1.73. The number of amidine groups is 1. The van der Waals surface area contributed by atoms with E-state index in [2.05, 4.69) is 4.99 Å². The van der Waals surface area contributed by atoms with Crippen molar-refractivity contribution in [3.63, 3.8) is 0 Å². The molecule has 1 aromatic rings. The molecule has 0 fully saturated rings. The molecule has 7 nitrogen and oxygen atoms in total. The van der Waals surface area contributed by atoms with E-state index in [1.165, 1.54) is 18.2 Å². The lowest BCUT2D eigenvalue weighted by Gasteiger charge is -2.18. The molecule has 0 bridgehead atoms. The minimum atomic E-state index is -1.06. The van der Waals surface area contributed by atoms with Gasteiger partial charge in [-0.2, -0.15) is 0 Å². The summed E-state index contributed by atoms with van der Waals surface area (Å²) in [7, 11) is 0. The number of nitrogens with two attached hydrogens (primary N) is 1. The van der Waals surface area contributed by atoms with Crippen LogP contribution in [0.1, 0.15) is 11.1 Å². The average molecular weight is 235 g/mol. The van der Waals surface area contributed by atoms with Crippen LogP contribution < -0.4 is 5.73 Å². The molecule has 0 aliphatic carbocycles. The van der Waals surface area contributed by atoms with Gasteiger partial charge in [-0.05, 0) is 5.56 Å². The first kappa shape index (κ1) is 11.1. The smallest absolute Gasteiger partial charge is 0.328 e. The molecule has 88 valence electrons. The Bertz CT molecular complexity index is 538. The molecule has 1 unspecified atom stereocenters. The second kappa shape index (κ2) is 3.85. The summed E-state index contributed by atoms with van der Waals surface area (Å²) in [5.41, 5.74) is 6.62. The summed E-state index contributed by atoms with van der Waals surface area (Å²) in [4.78, 5) is 24.7. The topological polar surface area (TPSA) is 119 Å². The summed E-state index contributed by atoms with van der Waals surface area (Å²) in [5, 5.41) is 19.5. The van der Waals surface area contributed by atoms with Gasteiger partial charge in [0.15, 0.2) is 6.04 Å². The standard InChI is InChI=1S/C10H9N3O4/c11-9-7-4-6(13(16)17)2-1-5(7)3-8(12-9)10(14)15/h1-2,4,8H,3H2,(H2,11,12)(H,14,15). The van der Waals surface area contributed by atoms with Gasteiger partial charge in [-0.25, -0.2) is 4.79 Å². The third kappa shape index (κ3) is 1.94. The highest BCUT2D eigenvalue weighted by Crippen LogP contribution is 2.23. The maximum atomic E-state index is 10.8. The van der Waals surface area contributed by atoms with Crippen LogP contribution in [-0.4, -0.2) is 27.9 Å². The van der Waals surface area contributed by atoms with Crippen LogP contribution >= 0.6 is 0 Å². The highest BCUT2D eigenvalue weighted by molar-refractivity contribution is 6.02. The van der Waals surface area contributed by atoms with E-state index in [4.69, 9.17) is 10.8 Å². The largest absolute Gasteiger partial charge is 0.480 e. The Morgan fingerprint density at radius 3 is 2.88 bits per heavy atom. The number of aliphatic carboxylic acids is 1. The third-order valence-electron chi connectivity index (χ3n) is 2.57. The van der Waals surface area contributed by atoms with Gasteiger partial charge in [0.2, 0.25) is 0 Å². The first-order valence-corrected chi connectivity index (χ1v) is 4.83. The Balaban J connectivity index is 2.46. The summed E-state index contributed by atoms with van der Waals surface area (Å²) >= 11 is 0. The molecule has 0 spiro atoms. The number of non-ortho nitro benzene ring substituents is 1. The van der Waals surface area contributed by atoms with Crippen molar-refractivity contribution in [2.24, 2.45) is 10.7 Å². The van der Waals surface area contributed by atoms with Crippen LogP contribution in [0.5, 0.6) is 0 Å². The van der Waals surface area contributed by atoms with E-state index in [1.807, 2.05) is 0 Å². The maximum Gasteiger partial charge on any atom is 0.328 e. The zero-order chi connectivity index (χ0) is 12.6. The fraction of sp³-hybridized carbons (Fsp3) is 0.200. The monoisotopic (exact) mass is 235 g/mol. The average Bonchev–Trinajstić information content (AvgIpc) is 2.28. The molecule has 7 heteroatoms. The highest BCUT2D eigenvalue weighted by atomic mass is 16.6. The Labute approximate surface area is 95.7 Å². The molecule has 2 rings (SSSR count). The van der Waals surface area contributed by atoms with E-state index in [-0.39, 0.29) is 17.9 Å². The third-order valence-corrected chi connectivity index (χ3v) is 2.57. The van der Waals surface area contributed by atoms with Crippen molar-refractivity contribution in [2.45, 2.75) is 12.5 Å². The molecule has 1 heterocycles. The van der Waals surface area contributed by atoms with Gasteiger partial charge < -0.3 is 10.8 Å². The predicted octanol–water partition coefficient (Wildman–Crippen LogP) is 0.309. The van der Waals surface area contributed by atoms with E-state index >= 15 is 0 Å². The molecule has 0 aromatic heterocycles. The first-order valence-electron chi connectivity index (χ1n) is 4.83. The van der Waals surface area contributed by atoms with Crippen LogP contribution in [0, 0.1) is 10.1 Å². The minimum absolute atomic E-state index is 0.0300. The first-order chi connectivity index (χ1) is 7.99. The van der Waals surface area contributed by atoms with Crippen molar-refractivity contribution < 1.29 is 14.8 Å². The number of nitro groups is 1. The SMILES string of the molecule is NC1=NC(C(=O)O)Cc2ccc([N+](=O)[O-])cc21. The Morgan fingerprint density at radius 2 is 2.29 bits per heavy atom. The quantitative estimate of drug-likeness (QED) is 0.564. The Hall–Kier alpha value is -2.44. The zero-order valence-electron chi connectivity index (χ0n) is 8.66. The number of rotatable bonds is 2. The van der Waals surface area contributed by atoms with E-state index in [0.717, 1.165) is 0 Å². The molecule has 0 amide bonds. The molecule has 17 heavy (non-hydrogen) atoms. The lowest BCUT2D eigenvalue weighted by Crippen LogP contribution is -2.31. The molecule has 0 saturated heterocycles. The molecule has 3 N–H and O–H groups in total. The predicted molar refractivity (Wildman–Crippen MR) is 58.9 cm³/mol. The van der Waals surface area contributed by atoms with Crippen LogP contribution in [0.4, 0.5) is 5.69 Å². The van der Waals surface area contributed by atoms with Gasteiger partial charge in [0.25, 0.3) is 5.69 Å². The number of nitrogens with zero attached hydrogens (tertiary/aromatic N) is 2. The second-order valence-electron chi connectivity index (χ2n) is 3.67. The van der Waals surface area contributed by atoms with Crippen molar-refractivity contribution in [2.75, 3.05) is 0 Å². The molecule has 1 aliphatic heterocycles. The molecule has 0 saturated carbocycles. The van der Waals surface area contributed by atoms with E-state index in [1.54, 1.807) is 0 Å². The van der Waals surface area contributed by atoms with Gasteiger partial charge in [0, 0.05) is 24.1 Å². The number of fused-ring (bicyclic) bond motifs is 1. The number of nitro benzene ring substituents is 1. The molecule has 1 atom stereocenters. The fourth-order valence-corrected chi connectivity index (χ4v) is 1.73. The molecule has 1 aliphatic rings. The highest BCUT2D eigenvalue weighted by Gasteiger charge is 2.26. The number of hydrogen-bond donors (Lipinski definition) is 2. The van der Waals surface area contributed by atoms with Gasteiger partial charge in [-0.3, -0.25) is 15.1 Å². The lowest BCUT2D eigenvalue weighted by atomic mass is 9.96. The van der Waals surface area contributed by atoms with Crippen molar-refractivity contribution >= 4 is 17.5 Å². The van der Waals surface area contributed by atoms with Crippen LogP contribution in [-0.2, 0) is 11.2 Å². The van der Waals surface area contributed by atoms with E-state index < -0.39 is 16.9 Å². The summed E-state index contributed by atoms with van der Waals surface area (Å²) in [6.45, 7) is 0. The number of carboxylic acid groups (broad SMARTS) is 1. The van der Waals surface area contributed by atoms with Gasteiger partial charge >= 0.3 is 5.97 Å². The van der Waals surface area contributed by atoms with Crippen LogP contribution in [0.2, 0.25) is 0 Å². The van der Waals surface area contributed by atoms with Crippen molar-refractivity contribution in [3.8, 4) is 0 Å². The molecular formula is C10H9N3O4. The molecule has 0 radical (unpaired) electrons. The summed E-state index contributed by atoms with van der Waals surface area (Å²) in [6.07, 6.45) is 0.198. The number of benzene rings is 1. The summed E-state index contributed by atoms with van der Waals surface area (Å²) in [5.74, 6) is -1.03.